The molecule has 2 aromatic rings. The van der Waals surface area contributed by atoms with Crippen LogP contribution in [0.1, 0.15) is 43.0 Å². The second-order valence-corrected chi connectivity index (χ2v) is 7.27. The normalized spacial score (nSPS) is 17.6. The molecule has 0 saturated carbocycles. The van der Waals surface area contributed by atoms with E-state index in [9.17, 15) is 4.79 Å². The number of carbonyl (C=O) groups is 1. The smallest absolute Gasteiger partial charge is 0.234 e. The summed E-state index contributed by atoms with van der Waals surface area (Å²) in [4.78, 5) is 15.0. The van der Waals surface area contributed by atoms with E-state index in [4.69, 9.17) is 14.2 Å². The predicted octanol–water partition coefficient (Wildman–Crippen LogP) is 3.73. The number of nitrogens with zero attached hydrogens (tertiary/aromatic N) is 1. The quantitative estimate of drug-likeness (QED) is 0.734. The Kier molecular flexibility index (Phi) is 6.99. The summed E-state index contributed by atoms with van der Waals surface area (Å²) in [5, 5.41) is 3.10. The van der Waals surface area contributed by atoms with Gasteiger partial charge >= 0.3 is 0 Å². The lowest BCUT2D eigenvalue weighted by molar-refractivity contribution is -0.123. The number of methoxy groups -OCH3 is 3. The van der Waals surface area contributed by atoms with Gasteiger partial charge in [-0.2, -0.15) is 0 Å². The Hall–Kier alpha value is -2.73. The highest BCUT2D eigenvalue weighted by Gasteiger charge is 2.30. The molecular formula is C23H30N2O4. The van der Waals surface area contributed by atoms with Crippen molar-refractivity contribution in [2.75, 3.05) is 34.4 Å². The molecule has 1 fully saturated rings. The van der Waals surface area contributed by atoms with Crippen molar-refractivity contribution >= 4 is 5.91 Å². The number of amides is 1. The lowest BCUT2D eigenvalue weighted by atomic mass is 10.0. The van der Waals surface area contributed by atoms with Crippen molar-refractivity contribution in [2.45, 2.75) is 31.8 Å². The minimum Gasteiger partial charge on any atom is -0.497 e. The van der Waals surface area contributed by atoms with Gasteiger partial charge in [-0.05, 0) is 38.4 Å². The number of para-hydroxylation sites is 1. The van der Waals surface area contributed by atoms with Crippen LogP contribution < -0.4 is 19.5 Å². The molecule has 2 unspecified atom stereocenters. The zero-order valence-electron chi connectivity index (χ0n) is 17.6. The van der Waals surface area contributed by atoms with Crippen molar-refractivity contribution < 1.29 is 19.0 Å². The number of rotatable bonds is 8. The third kappa shape index (κ3) is 4.82. The standard InChI is InChI=1S/C23H30N2O4/c1-16(18-8-5-6-10-21(18)28-3)24-23(26)15-25-13-7-9-20(25)19-12-11-17(27-2)14-22(19)29-4/h5-6,8,10-12,14,16,20H,7,9,13,15H2,1-4H3,(H,24,26). The van der Waals surface area contributed by atoms with Gasteiger partial charge in [-0.1, -0.05) is 24.3 Å². The van der Waals surface area contributed by atoms with Gasteiger partial charge in [0, 0.05) is 23.2 Å². The number of likely N-dealkylation sites (tertiary alicyclic amines) is 1. The zero-order chi connectivity index (χ0) is 20.8. The SMILES string of the molecule is COc1ccc(C2CCCN2CC(=O)NC(C)c2ccccc2OC)c(OC)c1. The number of hydrogen-bond donors (Lipinski definition) is 1. The molecule has 156 valence electrons. The number of nitrogens with one attached hydrogen (secondary N) is 1. The second kappa shape index (κ2) is 9.65. The van der Waals surface area contributed by atoms with E-state index in [1.807, 2.05) is 49.4 Å². The third-order valence-electron chi connectivity index (χ3n) is 5.49. The van der Waals surface area contributed by atoms with E-state index in [0.29, 0.717) is 6.54 Å². The van der Waals surface area contributed by atoms with Crippen molar-refractivity contribution in [3.63, 3.8) is 0 Å². The summed E-state index contributed by atoms with van der Waals surface area (Å²) in [6, 6.07) is 13.7. The Morgan fingerprint density at radius 2 is 1.86 bits per heavy atom. The van der Waals surface area contributed by atoms with Crippen LogP contribution >= 0.6 is 0 Å². The highest BCUT2D eigenvalue weighted by molar-refractivity contribution is 5.78. The fourth-order valence-electron chi connectivity index (χ4n) is 4.03. The van der Waals surface area contributed by atoms with Crippen LogP contribution in [-0.4, -0.2) is 45.2 Å². The van der Waals surface area contributed by atoms with Gasteiger partial charge in [0.25, 0.3) is 0 Å². The molecule has 1 aliphatic heterocycles. The van der Waals surface area contributed by atoms with Crippen LogP contribution in [0, 0.1) is 0 Å². The Bertz CT molecular complexity index is 839. The fraction of sp³-hybridized carbons (Fsp3) is 0.435. The lowest BCUT2D eigenvalue weighted by Gasteiger charge is -2.26. The highest BCUT2D eigenvalue weighted by Crippen LogP contribution is 2.38. The largest absolute Gasteiger partial charge is 0.497 e. The number of hydrogen-bond acceptors (Lipinski definition) is 5. The highest BCUT2D eigenvalue weighted by atomic mass is 16.5. The van der Waals surface area contributed by atoms with Crippen LogP contribution in [-0.2, 0) is 4.79 Å². The molecule has 0 aromatic heterocycles. The summed E-state index contributed by atoms with van der Waals surface area (Å²) in [5.41, 5.74) is 2.06. The van der Waals surface area contributed by atoms with Crippen LogP contribution in [0.4, 0.5) is 0 Å². The van der Waals surface area contributed by atoms with E-state index < -0.39 is 0 Å². The third-order valence-corrected chi connectivity index (χ3v) is 5.49. The van der Waals surface area contributed by atoms with Crippen LogP contribution in [0.3, 0.4) is 0 Å². The zero-order valence-corrected chi connectivity index (χ0v) is 17.6. The molecule has 0 spiro atoms. The first-order chi connectivity index (χ1) is 14.1. The molecule has 0 radical (unpaired) electrons. The molecule has 6 nitrogen and oxygen atoms in total. The Balaban J connectivity index is 1.68. The maximum Gasteiger partial charge on any atom is 0.234 e. The molecule has 1 N–H and O–H groups in total. The first-order valence-electron chi connectivity index (χ1n) is 9.95. The molecule has 29 heavy (non-hydrogen) atoms. The summed E-state index contributed by atoms with van der Waals surface area (Å²) < 4.78 is 16.3. The van der Waals surface area contributed by atoms with Gasteiger partial charge in [-0.3, -0.25) is 9.69 Å². The van der Waals surface area contributed by atoms with Gasteiger partial charge in [0.15, 0.2) is 0 Å². The van der Waals surface area contributed by atoms with E-state index in [1.165, 1.54) is 0 Å². The van der Waals surface area contributed by atoms with Gasteiger partial charge in [-0.25, -0.2) is 0 Å². The van der Waals surface area contributed by atoms with E-state index in [0.717, 1.165) is 47.8 Å². The summed E-state index contributed by atoms with van der Waals surface area (Å²) in [6.45, 7) is 3.21. The Labute approximate surface area is 172 Å². The summed E-state index contributed by atoms with van der Waals surface area (Å²) in [7, 11) is 4.95. The Morgan fingerprint density at radius 1 is 1.10 bits per heavy atom. The van der Waals surface area contributed by atoms with Gasteiger partial charge in [0.1, 0.15) is 17.2 Å². The molecule has 2 aromatic carbocycles. The molecule has 0 bridgehead atoms. The number of benzene rings is 2. The van der Waals surface area contributed by atoms with Crippen molar-refractivity contribution in [3.8, 4) is 17.2 Å². The molecule has 1 amide bonds. The van der Waals surface area contributed by atoms with E-state index >= 15 is 0 Å². The predicted molar refractivity (Wildman–Crippen MR) is 113 cm³/mol. The average Bonchev–Trinajstić information content (AvgIpc) is 3.20. The van der Waals surface area contributed by atoms with Crippen LogP contribution in [0.25, 0.3) is 0 Å². The first-order valence-corrected chi connectivity index (χ1v) is 9.95. The van der Waals surface area contributed by atoms with Gasteiger partial charge in [0.05, 0.1) is 33.9 Å². The molecule has 0 aliphatic carbocycles. The fourth-order valence-corrected chi connectivity index (χ4v) is 4.03. The second-order valence-electron chi connectivity index (χ2n) is 7.27. The molecule has 1 aliphatic rings. The maximum atomic E-state index is 12.8. The molecule has 1 saturated heterocycles. The maximum absolute atomic E-state index is 12.8. The van der Waals surface area contributed by atoms with Gasteiger partial charge < -0.3 is 19.5 Å². The molecule has 3 rings (SSSR count). The van der Waals surface area contributed by atoms with Crippen molar-refractivity contribution in [1.29, 1.82) is 0 Å². The van der Waals surface area contributed by atoms with Crippen LogP contribution in [0.15, 0.2) is 42.5 Å². The van der Waals surface area contributed by atoms with E-state index in [-0.39, 0.29) is 18.0 Å². The average molecular weight is 399 g/mol. The minimum atomic E-state index is -0.129. The van der Waals surface area contributed by atoms with Gasteiger partial charge in [-0.15, -0.1) is 0 Å². The number of carbonyl (C=O) groups excluding carboxylic acids is 1. The summed E-state index contributed by atoms with van der Waals surface area (Å²) in [6.07, 6.45) is 2.05. The summed E-state index contributed by atoms with van der Waals surface area (Å²) >= 11 is 0. The molecule has 1 heterocycles. The van der Waals surface area contributed by atoms with Gasteiger partial charge in [0.2, 0.25) is 5.91 Å². The first kappa shape index (κ1) is 21.0. The lowest BCUT2D eigenvalue weighted by Crippen LogP contribution is -2.38. The van der Waals surface area contributed by atoms with E-state index in [2.05, 4.69) is 10.2 Å². The summed E-state index contributed by atoms with van der Waals surface area (Å²) in [5.74, 6) is 2.34. The van der Waals surface area contributed by atoms with Crippen LogP contribution in [0.2, 0.25) is 0 Å². The van der Waals surface area contributed by atoms with Crippen molar-refractivity contribution in [2.24, 2.45) is 0 Å². The molecule has 6 heteroatoms. The van der Waals surface area contributed by atoms with Crippen molar-refractivity contribution in [3.05, 3.63) is 53.6 Å². The molecule has 2 atom stereocenters. The number of ether oxygens (including phenoxy) is 3. The monoisotopic (exact) mass is 398 g/mol. The van der Waals surface area contributed by atoms with Crippen molar-refractivity contribution in [1.82, 2.24) is 10.2 Å². The molecular weight excluding hydrogens is 368 g/mol. The minimum absolute atomic E-state index is 0.00258. The van der Waals surface area contributed by atoms with Crippen LogP contribution in [0.5, 0.6) is 17.2 Å². The van der Waals surface area contributed by atoms with E-state index in [1.54, 1.807) is 21.3 Å². The topological polar surface area (TPSA) is 60.0 Å². The Morgan fingerprint density at radius 3 is 2.59 bits per heavy atom.